The zero-order chi connectivity index (χ0) is 17.8. The molecule has 1 saturated heterocycles. The Balaban J connectivity index is 1.77. The van der Waals surface area contributed by atoms with Crippen LogP contribution in [0, 0.1) is 6.92 Å². The predicted octanol–water partition coefficient (Wildman–Crippen LogP) is 2.08. The van der Waals surface area contributed by atoms with Crippen molar-refractivity contribution >= 4 is 23.3 Å². The SMILES string of the molecule is CC(=O)c1ccc(NC(=O)c2cc(C)nc(N3CCOCC3)n2)cc1. The Labute approximate surface area is 146 Å². The fraction of sp³-hybridized carbons (Fsp3) is 0.333. The van der Waals surface area contributed by atoms with Gasteiger partial charge in [-0.2, -0.15) is 0 Å². The standard InChI is InChI=1S/C18H20N4O3/c1-12-11-16(21-18(19-12)22-7-9-25-10-8-22)17(24)20-15-5-3-14(4-6-15)13(2)23/h3-6,11H,7-10H2,1-2H3,(H,20,24). The highest BCUT2D eigenvalue weighted by Gasteiger charge is 2.17. The molecule has 1 N–H and O–H groups in total. The van der Waals surface area contributed by atoms with E-state index in [1.54, 1.807) is 30.3 Å². The molecule has 1 aromatic heterocycles. The molecule has 130 valence electrons. The highest BCUT2D eigenvalue weighted by atomic mass is 16.5. The van der Waals surface area contributed by atoms with Gasteiger partial charge in [0.2, 0.25) is 5.95 Å². The first kappa shape index (κ1) is 17.0. The van der Waals surface area contributed by atoms with E-state index in [4.69, 9.17) is 4.74 Å². The summed E-state index contributed by atoms with van der Waals surface area (Å²) < 4.78 is 5.33. The molecule has 7 heteroatoms. The van der Waals surface area contributed by atoms with Crippen molar-refractivity contribution in [2.45, 2.75) is 13.8 Å². The van der Waals surface area contributed by atoms with Crippen LogP contribution in [0.1, 0.15) is 33.5 Å². The summed E-state index contributed by atoms with van der Waals surface area (Å²) >= 11 is 0. The molecule has 2 heterocycles. The molecule has 0 spiro atoms. The molecule has 0 unspecified atom stereocenters. The van der Waals surface area contributed by atoms with Gasteiger partial charge >= 0.3 is 0 Å². The van der Waals surface area contributed by atoms with Gasteiger partial charge in [-0.15, -0.1) is 0 Å². The Kier molecular flexibility index (Phi) is 5.04. The largest absolute Gasteiger partial charge is 0.378 e. The Morgan fingerprint density at radius 2 is 1.80 bits per heavy atom. The van der Waals surface area contributed by atoms with Crippen molar-refractivity contribution in [1.29, 1.82) is 0 Å². The summed E-state index contributed by atoms with van der Waals surface area (Å²) in [7, 11) is 0. The lowest BCUT2D eigenvalue weighted by molar-refractivity contribution is 0.101. The fourth-order valence-corrected chi connectivity index (χ4v) is 2.56. The minimum Gasteiger partial charge on any atom is -0.378 e. The quantitative estimate of drug-likeness (QED) is 0.858. The number of hydrogen-bond acceptors (Lipinski definition) is 6. The number of aryl methyl sites for hydroxylation is 1. The molecule has 3 rings (SSSR count). The van der Waals surface area contributed by atoms with Crippen LogP contribution in [-0.2, 0) is 4.74 Å². The van der Waals surface area contributed by atoms with E-state index in [0.29, 0.717) is 49.2 Å². The third-order valence-corrected chi connectivity index (χ3v) is 3.92. The number of Topliss-reactive ketones (excluding diaryl/α,β-unsaturated/α-hetero) is 1. The number of morpholine rings is 1. The van der Waals surface area contributed by atoms with Gasteiger partial charge in [-0.1, -0.05) is 0 Å². The molecule has 7 nitrogen and oxygen atoms in total. The van der Waals surface area contributed by atoms with Crippen LogP contribution in [0.15, 0.2) is 30.3 Å². The summed E-state index contributed by atoms with van der Waals surface area (Å²) in [5.74, 6) is 0.218. The van der Waals surface area contributed by atoms with Gasteiger partial charge in [0.1, 0.15) is 5.69 Å². The Morgan fingerprint density at radius 3 is 2.44 bits per heavy atom. The molecule has 1 aromatic carbocycles. The average Bonchev–Trinajstić information content (AvgIpc) is 2.62. The monoisotopic (exact) mass is 340 g/mol. The van der Waals surface area contributed by atoms with Crippen molar-refractivity contribution in [1.82, 2.24) is 9.97 Å². The van der Waals surface area contributed by atoms with Gasteiger partial charge in [-0.05, 0) is 44.2 Å². The van der Waals surface area contributed by atoms with Crippen molar-refractivity contribution in [3.8, 4) is 0 Å². The van der Waals surface area contributed by atoms with E-state index in [-0.39, 0.29) is 11.7 Å². The Hall–Kier alpha value is -2.80. The van der Waals surface area contributed by atoms with Crippen molar-refractivity contribution < 1.29 is 14.3 Å². The normalized spacial score (nSPS) is 14.2. The van der Waals surface area contributed by atoms with Crippen LogP contribution >= 0.6 is 0 Å². The number of rotatable bonds is 4. The molecule has 1 fully saturated rings. The molecule has 0 saturated carbocycles. The maximum Gasteiger partial charge on any atom is 0.274 e. The first-order valence-electron chi connectivity index (χ1n) is 8.13. The molecule has 0 radical (unpaired) electrons. The van der Waals surface area contributed by atoms with Crippen LogP contribution in [0.25, 0.3) is 0 Å². The Morgan fingerprint density at radius 1 is 1.12 bits per heavy atom. The summed E-state index contributed by atoms with van der Waals surface area (Å²) in [5, 5.41) is 2.80. The zero-order valence-electron chi connectivity index (χ0n) is 14.3. The predicted molar refractivity (Wildman–Crippen MR) is 94.2 cm³/mol. The van der Waals surface area contributed by atoms with E-state index in [1.807, 2.05) is 11.8 Å². The van der Waals surface area contributed by atoms with Crippen molar-refractivity contribution in [2.75, 3.05) is 36.5 Å². The van der Waals surface area contributed by atoms with Gasteiger partial charge in [-0.3, -0.25) is 9.59 Å². The summed E-state index contributed by atoms with van der Waals surface area (Å²) in [6.07, 6.45) is 0. The minimum atomic E-state index is -0.310. The van der Waals surface area contributed by atoms with Crippen molar-refractivity contribution in [2.24, 2.45) is 0 Å². The molecule has 1 aliphatic heterocycles. The van der Waals surface area contributed by atoms with Crippen molar-refractivity contribution in [3.63, 3.8) is 0 Å². The maximum absolute atomic E-state index is 12.5. The second kappa shape index (κ2) is 7.40. The second-order valence-electron chi connectivity index (χ2n) is 5.88. The number of carbonyl (C=O) groups excluding carboxylic acids is 2. The molecule has 25 heavy (non-hydrogen) atoms. The van der Waals surface area contributed by atoms with Crippen LogP contribution in [0.3, 0.4) is 0 Å². The van der Waals surface area contributed by atoms with E-state index < -0.39 is 0 Å². The van der Waals surface area contributed by atoms with E-state index in [0.717, 1.165) is 5.69 Å². The summed E-state index contributed by atoms with van der Waals surface area (Å²) in [5.41, 5.74) is 2.25. The van der Waals surface area contributed by atoms with Gasteiger partial charge in [0.25, 0.3) is 5.91 Å². The van der Waals surface area contributed by atoms with E-state index in [2.05, 4.69) is 15.3 Å². The molecular weight excluding hydrogens is 320 g/mol. The van der Waals surface area contributed by atoms with E-state index in [9.17, 15) is 9.59 Å². The zero-order valence-corrected chi connectivity index (χ0v) is 14.3. The lowest BCUT2D eigenvalue weighted by Crippen LogP contribution is -2.37. The van der Waals surface area contributed by atoms with E-state index >= 15 is 0 Å². The number of benzene rings is 1. The van der Waals surface area contributed by atoms with Crippen molar-refractivity contribution in [3.05, 3.63) is 47.3 Å². The fourth-order valence-electron chi connectivity index (χ4n) is 2.56. The van der Waals surface area contributed by atoms with Gasteiger partial charge < -0.3 is 15.0 Å². The van der Waals surface area contributed by atoms with Gasteiger partial charge in [-0.25, -0.2) is 9.97 Å². The van der Waals surface area contributed by atoms with Crippen LogP contribution in [-0.4, -0.2) is 48.0 Å². The van der Waals surface area contributed by atoms with E-state index in [1.165, 1.54) is 6.92 Å². The van der Waals surface area contributed by atoms with Crippen LogP contribution < -0.4 is 10.2 Å². The molecule has 1 aliphatic rings. The molecule has 0 aliphatic carbocycles. The third kappa shape index (κ3) is 4.19. The van der Waals surface area contributed by atoms with Gasteiger partial charge in [0.15, 0.2) is 5.78 Å². The lowest BCUT2D eigenvalue weighted by atomic mass is 10.1. The molecule has 1 amide bonds. The number of nitrogens with one attached hydrogen (secondary N) is 1. The average molecular weight is 340 g/mol. The number of amides is 1. The molecular formula is C18H20N4O3. The third-order valence-electron chi connectivity index (χ3n) is 3.92. The topological polar surface area (TPSA) is 84.4 Å². The summed E-state index contributed by atoms with van der Waals surface area (Å²) in [6.45, 7) is 6.01. The molecule has 0 bridgehead atoms. The number of carbonyl (C=O) groups is 2. The first-order chi connectivity index (χ1) is 12.0. The number of nitrogens with zero attached hydrogens (tertiary/aromatic N) is 3. The highest BCUT2D eigenvalue weighted by molar-refractivity contribution is 6.03. The second-order valence-corrected chi connectivity index (χ2v) is 5.88. The number of ketones is 1. The number of anilines is 2. The number of hydrogen-bond donors (Lipinski definition) is 1. The lowest BCUT2D eigenvalue weighted by Gasteiger charge is -2.27. The van der Waals surface area contributed by atoms with Crippen LogP contribution in [0.5, 0.6) is 0 Å². The Bertz CT molecular complexity index is 783. The first-order valence-corrected chi connectivity index (χ1v) is 8.13. The van der Waals surface area contributed by atoms with Gasteiger partial charge in [0, 0.05) is 30.0 Å². The highest BCUT2D eigenvalue weighted by Crippen LogP contribution is 2.15. The number of ether oxygens (including phenoxy) is 1. The van der Waals surface area contributed by atoms with Crippen LogP contribution in [0.2, 0.25) is 0 Å². The number of aromatic nitrogens is 2. The van der Waals surface area contributed by atoms with Gasteiger partial charge in [0.05, 0.1) is 13.2 Å². The molecule has 2 aromatic rings. The summed E-state index contributed by atoms with van der Waals surface area (Å²) in [4.78, 5) is 34.6. The van der Waals surface area contributed by atoms with Crippen LogP contribution in [0.4, 0.5) is 11.6 Å². The summed E-state index contributed by atoms with van der Waals surface area (Å²) in [6, 6.07) is 8.42. The smallest absolute Gasteiger partial charge is 0.274 e. The maximum atomic E-state index is 12.5. The minimum absolute atomic E-state index is 0.0144. The molecule has 0 atom stereocenters.